The topological polar surface area (TPSA) is 101 Å². The number of carbonyl (C=O) groups is 1. The Labute approximate surface area is 171 Å². The summed E-state index contributed by atoms with van der Waals surface area (Å²) in [7, 11) is -3.61. The van der Waals surface area contributed by atoms with Crippen molar-refractivity contribution >= 4 is 34.0 Å². The normalized spacial score (nSPS) is 12.2. The van der Waals surface area contributed by atoms with Gasteiger partial charge in [0.05, 0.1) is 17.5 Å². The van der Waals surface area contributed by atoms with E-state index in [1.165, 1.54) is 11.6 Å². The third-order valence-corrected chi connectivity index (χ3v) is 4.63. The number of rotatable bonds is 7. The smallest absolute Gasteiger partial charge is 0.253 e. The number of benzene rings is 2. The average molecular weight is 430 g/mol. The van der Waals surface area contributed by atoms with Crippen LogP contribution in [0.4, 0.5) is 10.1 Å². The van der Waals surface area contributed by atoms with Crippen LogP contribution in [0.15, 0.2) is 42.5 Å². The number of halogens is 2. The molecule has 0 spiro atoms. The van der Waals surface area contributed by atoms with E-state index in [9.17, 15) is 17.6 Å². The summed E-state index contributed by atoms with van der Waals surface area (Å²) in [5.41, 5.74) is 8.06. The van der Waals surface area contributed by atoms with Crippen molar-refractivity contribution in [1.29, 1.82) is 0 Å². The number of nitrogens with one attached hydrogen (secondary N) is 2. The number of hydrogen-bond acceptors (Lipinski definition) is 4. The van der Waals surface area contributed by atoms with Crippen molar-refractivity contribution in [1.82, 2.24) is 5.32 Å². The van der Waals surface area contributed by atoms with E-state index in [1.54, 1.807) is 0 Å². The van der Waals surface area contributed by atoms with Crippen LogP contribution in [0.5, 0.6) is 0 Å². The lowest BCUT2D eigenvalue weighted by atomic mass is 9.99. The van der Waals surface area contributed by atoms with E-state index in [0.29, 0.717) is 5.92 Å². The Kier molecular flexibility index (Phi) is 8.41. The van der Waals surface area contributed by atoms with Crippen LogP contribution in [0.2, 0.25) is 0 Å². The summed E-state index contributed by atoms with van der Waals surface area (Å²) in [6.45, 7) is 4.31. The van der Waals surface area contributed by atoms with Gasteiger partial charge < -0.3 is 11.1 Å². The molecule has 0 aliphatic carbocycles. The van der Waals surface area contributed by atoms with Crippen molar-refractivity contribution in [3.05, 3.63) is 65.0 Å². The first kappa shape index (κ1) is 23.9. The zero-order chi connectivity index (χ0) is 20.2. The fraction of sp³-hybridized carbons (Fsp3) is 0.316. The maximum absolute atomic E-state index is 13.5. The molecular weight excluding hydrogens is 405 g/mol. The Balaban J connectivity index is 0.00000392. The van der Waals surface area contributed by atoms with Gasteiger partial charge in [-0.25, -0.2) is 12.8 Å². The van der Waals surface area contributed by atoms with Gasteiger partial charge in [0.25, 0.3) is 5.91 Å². The number of carbonyl (C=O) groups excluding carboxylic acids is 1. The molecule has 1 unspecified atom stereocenters. The number of anilines is 1. The highest BCUT2D eigenvalue weighted by atomic mass is 35.5. The highest BCUT2D eigenvalue weighted by molar-refractivity contribution is 7.92. The molecule has 2 aromatic carbocycles. The van der Waals surface area contributed by atoms with Gasteiger partial charge in [-0.15, -0.1) is 12.4 Å². The number of hydrogen-bond donors (Lipinski definition) is 3. The van der Waals surface area contributed by atoms with Crippen molar-refractivity contribution in [3.8, 4) is 0 Å². The molecule has 154 valence electrons. The predicted molar refractivity (Wildman–Crippen MR) is 112 cm³/mol. The summed E-state index contributed by atoms with van der Waals surface area (Å²) in [5.74, 6) is -0.855. The minimum Gasteiger partial charge on any atom is -0.350 e. The number of amides is 1. The van der Waals surface area contributed by atoms with E-state index in [4.69, 9.17) is 5.73 Å². The van der Waals surface area contributed by atoms with Crippen LogP contribution in [-0.2, 0) is 10.0 Å². The van der Waals surface area contributed by atoms with Crippen LogP contribution in [0.25, 0.3) is 0 Å². The second-order valence-corrected chi connectivity index (χ2v) is 8.45. The molecule has 1 atom stereocenters. The summed E-state index contributed by atoms with van der Waals surface area (Å²) in [4.78, 5) is 12.4. The molecule has 0 aliphatic rings. The van der Waals surface area contributed by atoms with E-state index in [1.807, 2.05) is 24.3 Å². The Morgan fingerprint density at radius 2 is 1.68 bits per heavy atom. The van der Waals surface area contributed by atoms with Crippen LogP contribution < -0.4 is 15.8 Å². The van der Waals surface area contributed by atoms with E-state index in [0.717, 1.165) is 24.0 Å². The van der Waals surface area contributed by atoms with Gasteiger partial charge in [0.15, 0.2) is 0 Å². The molecular formula is C19H25ClFN3O3S. The van der Waals surface area contributed by atoms with Gasteiger partial charge in [-0.1, -0.05) is 38.1 Å². The van der Waals surface area contributed by atoms with E-state index >= 15 is 0 Å². The van der Waals surface area contributed by atoms with Gasteiger partial charge in [-0.2, -0.15) is 0 Å². The van der Waals surface area contributed by atoms with Gasteiger partial charge in [-0.05, 0) is 35.2 Å². The first-order chi connectivity index (χ1) is 12.6. The largest absolute Gasteiger partial charge is 0.350 e. The first-order valence-electron chi connectivity index (χ1n) is 8.48. The molecule has 0 saturated heterocycles. The van der Waals surface area contributed by atoms with Gasteiger partial charge >= 0.3 is 0 Å². The monoisotopic (exact) mass is 429 g/mol. The van der Waals surface area contributed by atoms with Crippen molar-refractivity contribution in [2.75, 3.05) is 17.5 Å². The van der Waals surface area contributed by atoms with Crippen molar-refractivity contribution in [3.63, 3.8) is 0 Å². The third-order valence-electron chi connectivity index (χ3n) is 4.04. The van der Waals surface area contributed by atoms with Crippen molar-refractivity contribution in [2.45, 2.75) is 25.8 Å². The molecule has 0 aromatic heterocycles. The zero-order valence-electron chi connectivity index (χ0n) is 15.9. The predicted octanol–water partition coefficient (Wildman–Crippen LogP) is 3.17. The molecule has 28 heavy (non-hydrogen) atoms. The summed E-state index contributed by atoms with van der Waals surface area (Å²) >= 11 is 0. The molecule has 0 radical (unpaired) electrons. The third kappa shape index (κ3) is 6.78. The molecule has 0 saturated carbocycles. The van der Waals surface area contributed by atoms with Crippen LogP contribution in [-0.4, -0.2) is 27.1 Å². The van der Waals surface area contributed by atoms with Crippen molar-refractivity contribution in [2.24, 2.45) is 5.73 Å². The molecule has 2 aromatic rings. The van der Waals surface area contributed by atoms with Crippen LogP contribution in [0.1, 0.15) is 47.3 Å². The van der Waals surface area contributed by atoms with Gasteiger partial charge in [0.2, 0.25) is 10.0 Å². The second kappa shape index (κ2) is 9.86. The summed E-state index contributed by atoms with van der Waals surface area (Å²) < 4.78 is 38.6. The highest BCUT2D eigenvalue weighted by Gasteiger charge is 2.16. The van der Waals surface area contributed by atoms with Gasteiger partial charge in [-0.3, -0.25) is 9.52 Å². The second-order valence-electron chi connectivity index (χ2n) is 6.70. The fourth-order valence-electron chi connectivity index (χ4n) is 2.54. The summed E-state index contributed by atoms with van der Waals surface area (Å²) in [5, 5.41) is 2.62. The number of sulfonamides is 1. The minimum atomic E-state index is -3.61. The van der Waals surface area contributed by atoms with E-state index < -0.39 is 27.8 Å². The highest BCUT2D eigenvalue weighted by Crippen LogP contribution is 2.20. The fourth-order valence-corrected chi connectivity index (χ4v) is 3.11. The lowest BCUT2D eigenvalue weighted by Crippen LogP contribution is -2.32. The summed E-state index contributed by atoms with van der Waals surface area (Å²) in [6.07, 6.45) is 0.953. The van der Waals surface area contributed by atoms with E-state index in [-0.39, 0.29) is 30.2 Å². The van der Waals surface area contributed by atoms with Gasteiger partial charge in [0.1, 0.15) is 5.82 Å². The molecule has 0 fully saturated rings. The molecule has 0 heterocycles. The molecule has 0 aliphatic heterocycles. The standard InChI is InChI=1S/C19H24FN3O3S.ClH/c1-12(2)13-4-6-14(7-5-13)17(21)11-22-19(24)16-10-15(20)8-9-18(16)23-27(3,25)26;/h4-10,12,17,23H,11,21H2,1-3H3,(H,22,24);1H. The number of nitrogens with two attached hydrogens (primary N) is 1. The van der Waals surface area contributed by atoms with Crippen LogP contribution >= 0.6 is 12.4 Å². The average Bonchev–Trinajstić information content (AvgIpc) is 2.59. The Morgan fingerprint density at radius 3 is 2.21 bits per heavy atom. The maximum Gasteiger partial charge on any atom is 0.253 e. The maximum atomic E-state index is 13.5. The minimum absolute atomic E-state index is 0. The molecule has 0 bridgehead atoms. The Morgan fingerprint density at radius 1 is 1.11 bits per heavy atom. The van der Waals surface area contributed by atoms with E-state index in [2.05, 4.69) is 23.9 Å². The molecule has 9 heteroatoms. The van der Waals surface area contributed by atoms with Crippen LogP contribution in [0.3, 0.4) is 0 Å². The van der Waals surface area contributed by atoms with Crippen molar-refractivity contribution < 1.29 is 17.6 Å². The molecule has 4 N–H and O–H groups in total. The SMILES string of the molecule is CC(C)c1ccc(C(N)CNC(=O)c2cc(F)ccc2NS(C)(=O)=O)cc1.Cl. The summed E-state index contributed by atoms with van der Waals surface area (Å²) in [6, 6.07) is 10.6. The molecule has 6 nitrogen and oxygen atoms in total. The van der Waals surface area contributed by atoms with Crippen LogP contribution in [0, 0.1) is 5.82 Å². The van der Waals surface area contributed by atoms with Gasteiger partial charge in [0, 0.05) is 12.6 Å². The quantitative estimate of drug-likeness (QED) is 0.629. The zero-order valence-corrected chi connectivity index (χ0v) is 17.5. The Hall–Kier alpha value is -2.16. The Bertz CT molecular complexity index is 919. The first-order valence-corrected chi connectivity index (χ1v) is 10.4. The lowest BCUT2D eigenvalue weighted by Gasteiger charge is -2.16. The lowest BCUT2D eigenvalue weighted by molar-refractivity contribution is 0.0951. The molecule has 2 rings (SSSR count). The molecule has 1 amide bonds.